The molecule has 96 valence electrons. The number of ether oxygens (including phenoxy) is 1. The van der Waals surface area contributed by atoms with Crippen LogP contribution < -0.4 is 9.64 Å². The molecule has 3 rings (SSSR count). The Morgan fingerprint density at radius 3 is 2.89 bits per heavy atom. The topological polar surface area (TPSA) is 42.4 Å². The maximum absolute atomic E-state index is 12.5. The fourth-order valence-corrected chi connectivity index (χ4v) is 2.50. The maximum atomic E-state index is 12.5. The maximum Gasteiger partial charge on any atom is 0.238 e. The van der Waals surface area contributed by atoms with E-state index in [0.29, 0.717) is 19.0 Å². The molecule has 0 saturated heterocycles. The molecule has 1 aliphatic heterocycles. The Hall–Kier alpha value is -1.58. The normalized spacial score (nSPS) is 24.2. The first-order valence-electron chi connectivity index (χ1n) is 6.41. The number of pyridine rings is 1. The summed E-state index contributed by atoms with van der Waals surface area (Å²) in [6, 6.07) is 3.86. The second-order valence-electron chi connectivity index (χ2n) is 5.86. The predicted octanol–water partition coefficient (Wildman–Crippen LogP) is 2.16. The number of amides is 1. The van der Waals surface area contributed by atoms with E-state index < -0.39 is 0 Å². The van der Waals surface area contributed by atoms with E-state index in [1.165, 1.54) is 0 Å². The van der Waals surface area contributed by atoms with Gasteiger partial charge in [-0.15, -0.1) is 0 Å². The number of carbonyl (C=O) groups is 1. The van der Waals surface area contributed by atoms with E-state index in [2.05, 4.69) is 18.8 Å². The summed E-state index contributed by atoms with van der Waals surface area (Å²) in [5.74, 6) is 0.966. The highest BCUT2D eigenvalue weighted by atomic mass is 16.5. The van der Waals surface area contributed by atoms with Crippen molar-refractivity contribution in [3.05, 3.63) is 17.8 Å². The van der Waals surface area contributed by atoms with E-state index in [-0.39, 0.29) is 17.2 Å². The number of anilines is 1. The van der Waals surface area contributed by atoms with E-state index in [9.17, 15) is 4.79 Å². The van der Waals surface area contributed by atoms with E-state index in [0.717, 1.165) is 17.8 Å². The van der Waals surface area contributed by atoms with Crippen LogP contribution in [-0.2, 0) is 4.79 Å². The molecule has 1 fully saturated rings. The van der Waals surface area contributed by atoms with Crippen LogP contribution in [0.25, 0.3) is 0 Å². The summed E-state index contributed by atoms with van der Waals surface area (Å²) in [5.41, 5.74) is 1.89. The largest absolute Gasteiger partial charge is 0.474 e. The van der Waals surface area contributed by atoms with E-state index in [4.69, 9.17) is 4.74 Å². The Balaban J connectivity index is 1.90. The van der Waals surface area contributed by atoms with Crippen LogP contribution in [-0.4, -0.2) is 24.0 Å². The van der Waals surface area contributed by atoms with Crippen molar-refractivity contribution in [1.82, 2.24) is 4.98 Å². The van der Waals surface area contributed by atoms with Gasteiger partial charge in [-0.1, -0.05) is 13.8 Å². The summed E-state index contributed by atoms with van der Waals surface area (Å²) in [5, 5.41) is 0. The molecule has 4 nitrogen and oxygen atoms in total. The molecule has 1 saturated carbocycles. The Bertz CT molecular complexity index is 511. The lowest BCUT2D eigenvalue weighted by atomic mass is 10.1. The summed E-state index contributed by atoms with van der Waals surface area (Å²) in [6.07, 6.45) is 0.984. The number of rotatable bonds is 1. The Kier molecular flexibility index (Phi) is 2.37. The average molecular weight is 246 g/mol. The van der Waals surface area contributed by atoms with Crippen LogP contribution in [0.3, 0.4) is 0 Å². The monoisotopic (exact) mass is 246 g/mol. The number of carbonyl (C=O) groups excluding carboxylic acids is 1. The van der Waals surface area contributed by atoms with Crippen LogP contribution in [0.2, 0.25) is 0 Å². The van der Waals surface area contributed by atoms with Crippen molar-refractivity contribution in [3.8, 4) is 5.88 Å². The highest BCUT2D eigenvalue weighted by Crippen LogP contribution is 2.53. The molecule has 2 heterocycles. The van der Waals surface area contributed by atoms with Crippen LogP contribution in [0.1, 0.15) is 26.0 Å². The SMILES string of the molecule is Cc1ccc2c(n1)OCCN2C(=O)[C@H]1CC1(C)C. The molecule has 2 aliphatic rings. The minimum Gasteiger partial charge on any atom is -0.474 e. The number of hydrogen-bond acceptors (Lipinski definition) is 3. The van der Waals surface area contributed by atoms with Crippen molar-refractivity contribution < 1.29 is 9.53 Å². The molecule has 1 atom stereocenters. The molecule has 0 unspecified atom stereocenters. The fourth-order valence-electron chi connectivity index (χ4n) is 2.50. The fraction of sp³-hybridized carbons (Fsp3) is 0.571. The highest BCUT2D eigenvalue weighted by Gasteiger charge is 2.52. The molecule has 0 N–H and O–H groups in total. The summed E-state index contributed by atoms with van der Waals surface area (Å²) < 4.78 is 5.53. The smallest absolute Gasteiger partial charge is 0.238 e. The van der Waals surface area contributed by atoms with E-state index in [1.54, 1.807) is 0 Å². The molecule has 18 heavy (non-hydrogen) atoms. The molecule has 0 aromatic carbocycles. The quantitative estimate of drug-likeness (QED) is 0.762. The van der Waals surface area contributed by atoms with Gasteiger partial charge in [0.25, 0.3) is 0 Å². The van der Waals surface area contributed by atoms with Gasteiger partial charge in [0.2, 0.25) is 11.8 Å². The van der Waals surface area contributed by atoms with E-state index in [1.807, 2.05) is 24.0 Å². The molecule has 0 bridgehead atoms. The Morgan fingerprint density at radius 2 is 2.22 bits per heavy atom. The third-order valence-electron chi connectivity index (χ3n) is 3.90. The second kappa shape index (κ2) is 3.70. The van der Waals surface area contributed by atoms with Crippen molar-refractivity contribution in [1.29, 1.82) is 0 Å². The minimum absolute atomic E-state index is 0.157. The van der Waals surface area contributed by atoms with E-state index >= 15 is 0 Å². The van der Waals surface area contributed by atoms with Gasteiger partial charge in [-0.3, -0.25) is 4.79 Å². The lowest BCUT2D eigenvalue weighted by molar-refractivity contribution is -0.120. The number of fused-ring (bicyclic) bond motifs is 1. The Labute approximate surface area is 107 Å². The van der Waals surface area contributed by atoms with Crippen molar-refractivity contribution in [2.24, 2.45) is 11.3 Å². The second-order valence-corrected chi connectivity index (χ2v) is 5.86. The number of aryl methyl sites for hydroxylation is 1. The van der Waals surface area contributed by atoms with Crippen LogP contribution >= 0.6 is 0 Å². The van der Waals surface area contributed by atoms with Gasteiger partial charge < -0.3 is 9.64 Å². The summed E-state index contributed by atoms with van der Waals surface area (Å²) >= 11 is 0. The van der Waals surface area contributed by atoms with Gasteiger partial charge in [0.05, 0.1) is 6.54 Å². The standard InChI is InChI=1S/C14H18N2O2/c1-9-4-5-11-12(15-9)18-7-6-16(11)13(17)10-8-14(10,2)3/h4-5,10H,6-8H2,1-3H3/t10-/m1/s1. The van der Waals surface area contributed by atoms with Crippen LogP contribution in [0.4, 0.5) is 5.69 Å². The third kappa shape index (κ3) is 1.76. The molecule has 1 aromatic heterocycles. The zero-order valence-corrected chi connectivity index (χ0v) is 11.1. The number of aromatic nitrogens is 1. The first-order chi connectivity index (χ1) is 8.49. The van der Waals surface area contributed by atoms with Crippen molar-refractivity contribution in [3.63, 3.8) is 0 Å². The Morgan fingerprint density at radius 1 is 1.50 bits per heavy atom. The van der Waals surface area contributed by atoms with Gasteiger partial charge in [0.15, 0.2) is 0 Å². The van der Waals surface area contributed by atoms with Crippen LogP contribution in [0.5, 0.6) is 5.88 Å². The highest BCUT2D eigenvalue weighted by molar-refractivity contribution is 5.98. The van der Waals surface area contributed by atoms with Gasteiger partial charge in [-0.05, 0) is 30.9 Å². The lowest BCUT2D eigenvalue weighted by Gasteiger charge is -2.29. The van der Waals surface area contributed by atoms with Crippen molar-refractivity contribution >= 4 is 11.6 Å². The summed E-state index contributed by atoms with van der Waals surface area (Å²) in [6.45, 7) is 7.37. The van der Waals surface area contributed by atoms with Gasteiger partial charge >= 0.3 is 0 Å². The van der Waals surface area contributed by atoms with Crippen molar-refractivity contribution in [2.45, 2.75) is 27.2 Å². The zero-order valence-electron chi connectivity index (χ0n) is 11.1. The molecular weight excluding hydrogens is 228 g/mol. The average Bonchev–Trinajstić information content (AvgIpc) is 2.96. The molecule has 1 amide bonds. The molecule has 1 aromatic rings. The van der Waals surface area contributed by atoms with Gasteiger partial charge in [-0.2, -0.15) is 0 Å². The molecule has 1 aliphatic carbocycles. The number of hydrogen-bond donors (Lipinski definition) is 0. The van der Waals surface area contributed by atoms with Gasteiger partial charge in [0, 0.05) is 11.6 Å². The molecular formula is C14H18N2O2. The van der Waals surface area contributed by atoms with Gasteiger partial charge in [0.1, 0.15) is 12.3 Å². The summed E-state index contributed by atoms with van der Waals surface area (Å²) in [4.78, 5) is 18.7. The first kappa shape index (κ1) is 11.5. The van der Waals surface area contributed by atoms with Crippen molar-refractivity contribution in [2.75, 3.05) is 18.1 Å². The number of nitrogens with zero attached hydrogens (tertiary/aromatic N) is 2. The zero-order chi connectivity index (χ0) is 12.9. The van der Waals surface area contributed by atoms with Crippen LogP contribution in [0.15, 0.2) is 12.1 Å². The molecule has 0 radical (unpaired) electrons. The predicted molar refractivity (Wildman–Crippen MR) is 68.7 cm³/mol. The first-order valence-corrected chi connectivity index (χ1v) is 6.41. The third-order valence-corrected chi connectivity index (χ3v) is 3.90. The van der Waals surface area contributed by atoms with Crippen LogP contribution in [0, 0.1) is 18.3 Å². The summed E-state index contributed by atoms with van der Waals surface area (Å²) in [7, 11) is 0. The lowest BCUT2D eigenvalue weighted by Crippen LogP contribution is -2.39. The minimum atomic E-state index is 0.157. The van der Waals surface area contributed by atoms with Gasteiger partial charge in [-0.25, -0.2) is 4.98 Å². The molecule has 0 spiro atoms. The molecule has 4 heteroatoms.